The van der Waals surface area contributed by atoms with Crippen molar-refractivity contribution >= 4 is 11.9 Å². The number of rotatable bonds is 5. The summed E-state index contributed by atoms with van der Waals surface area (Å²) in [5.41, 5.74) is -0.802. The number of aliphatic carboxylic acids is 1. The van der Waals surface area contributed by atoms with Gasteiger partial charge in [-0.2, -0.15) is 0 Å². The molecular formula is C12H19N5O3. The number of nitrogens with zero attached hydrogens (tertiary/aromatic N) is 5. The SMILES string of the molecule is CCCC1(C(=O)O)CCCN(C(=O)Cn2cnnn2)C1. The Morgan fingerprint density at radius 1 is 1.45 bits per heavy atom. The molecule has 2 rings (SSSR count). The van der Waals surface area contributed by atoms with Crippen LogP contribution in [0.2, 0.25) is 0 Å². The van der Waals surface area contributed by atoms with E-state index in [2.05, 4.69) is 15.5 Å². The molecule has 0 aromatic carbocycles. The van der Waals surface area contributed by atoms with Crippen LogP contribution in [0.25, 0.3) is 0 Å². The minimum absolute atomic E-state index is 0.0504. The molecule has 2 heterocycles. The molecule has 1 saturated heterocycles. The first-order valence-corrected chi connectivity index (χ1v) is 6.79. The number of piperidine rings is 1. The van der Waals surface area contributed by atoms with E-state index >= 15 is 0 Å². The molecule has 1 unspecified atom stereocenters. The van der Waals surface area contributed by atoms with Gasteiger partial charge in [0.05, 0.1) is 5.41 Å². The lowest BCUT2D eigenvalue weighted by Gasteiger charge is -2.39. The minimum atomic E-state index is -0.806. The van der Waals surface area contributed by atoms with E-state index in [0.29, 0.717) is 25.8 Å². The first-order chi connectivity index (χ1) is 9.57. The summed E-state index contributed by atoms with van der Waals surface area (Å²) in [4.78, 5) is 25.4. The molecule has 1 aromatic rings. The minimum Gasteiger partial charge on any atom is -0.481 e. The van der Waals surface area contributed by atoms with Gasteiger partial charge >= 0.3 is 5.97 Å². The number of hydrogen-bond donors (Lipinski definition) is 1. The number of carboxylic acid groups (broad SMARTS) is 1. The summed E-state index contributed by atoms with van der Waals surface area (Å²) in [6.07, 6.45) is 4.11. The number of carbonyl (C=O) groups excluding carboxylic acids is 1. The van der Waals surface area contributed by atoms with Crippen LogP contribution in [-0.2, 0) is 16.1 Å². The number of aromatic nitrogens is 4. The van der Waals surface area contributed by atoms with Gasteiger partial charge in [-0.3, -0.25) is 9.59 Å². The van der Waals surface area contributed by atoms with E-state index in [1.165, 1.54) is 11.0 Å². The molecule has 8 heteroatoms. The molecule has 8 nitrogen and oxygen atoms in total. The van der Waals surface area contributed by atoms with E-state index in [-0.39, 0.29) is 19.0 Å². The van der Waals surface area contributed by atoms with Gasteiger partial charge < -0.3 is 10.0 Å². The quantitative estimate of drug-likeness (QED) is 0.825. The molecule has 0 spiro atoms. The van der Waals surface area contributed by atoms with Crippen molar-refractivity contribution in [3.05, 3.63) is 6.33 Å². The zero-order valence-corrected chi connectivity index (χ0v) is 11.5. The van der Waals surface area contributed by atoms with E-state index in [1.54, 1.807) is 4.90 Å². The Bertz CT molecular complexity index is 471. The second-order valence-corrected chi connectivity index (χ2v) is 5.26. The first-order valence-electron chi connectivity index (χ1n) is 6.79. The molecule has 1 atom stereocenters. The molecule has 0 radical (unpaired) electrons. The van der Waals surface area contributed by atoms with Gasteiger partial charge in [-0.25, -0.2) is 4.68 Å². The van der Waals surface area contributed by atoms with Crippen LogP contribution in [0, 0.1) is 5.41 Å². The van der Waals surface area contributed by atoms with Gasteiger partial charge in [0.15, 0.2) is 0 Å². The van der Waals surface area contributed by atoms with Crippen LogP contribution in [0.4, 0.5) is 0 Å². The van der Waals surface area contributed by atoms with Crippen LogP contribution in [0.1, 0.15) is 32.6 Å². The predicted molar refractivity (Wildman–Crippen MR) is 68.6 cm³/mol. The Hall–Kier alpha value is -1.99. The first kappa shape index (κ1) is 14.4. The molecule has 1 aliphatic heterocycles. The highest BCUT2D eigenvalue weighted by Gasteiger charge is 2.42. The summed E-state index contributed by atoms with van der Waals surface area (Å²) in [6, 6.07) is 0. The van der Waals surface area contributed by atoms with E-state index in [9.17, 15) is 14.7 Å². The Kier molecular flexibility index (Phi) is 4.31. The largest absolute Gasteiger partial charge is 0.481 e. The van der Waals surface area contributed by atoms with Gasteiger partial charge in [0.1, 0.15) is 12.9 Å². The van der Waals surface area contributed by atoms with Crippen molar-refractivity contribution in [2.45, 2.75) is 39.2 Å². The third-order valence-corrected chi connectivity index (χ3v) is 3.80. The maximum Gasteiger partial charge on any atom is 0.311 e. The number of carbonyl (C=O) groups is 2. The van der Waals surface area contributed by atoms with Crippen molar-refractivity contribution in [1.29, 1.82) is 0 Å². The fourth-order valence-corrected chi connectivity index (χ4v) is 2.80. The third-order valence-electron chi connectivity index (χ3n) is 3.80. The number of hydrogen-bond acceptors (Lipinski definition) is 5. The molecule has 1 fully saturated rings. The smallest absolute Gasteiger partial charge is 0.311 e. The number of likely N-dealkylation sites (tertiary alicyclic amines) is 1. The third kappa shape index (κ3) is 2.94. The number of amides is 1. The van der Waals surface area contributed by atoms with E-state index in [0.717, 1.165) is 6.42 Å². The van der Waals surface area contributed by atoms with Crippen LogP contribution in [0.5, 0.6) is 0 Å². The van der Waals surface area contributed by atoms with Crippen molar-refractivity contribution in [2.24, 2.45) is 5.41 Å². The number of tetrazole rings is 1. The molecule has 110 valence electrons. The van der Waals surface area contributed by atoms with E-state index < -0.39 is 11.4 Å². The highest BCUT2D eigenvalue weighted by molar-refractivity contribution is 5.79. The summed E-state index contributed by atoms with van der Waals surface area (Å²) in [7, 11) is 0. The highest BCUT2D eigenvalue weighted by atomic mass is 16.4. The predicted octanol–water partition coefficient (Wildman–Crippen LogP) is 0.167. The van der Waals surface area contributed by atoms with Crippen LogP contribution < -0.4 is 0 Å². The summed E-state index contributed by atoms with van der Waals surface area (Å²) in [5.74, 6) is -0.946. The molecule has 1 aliphatic rings. The molecule has 0 saturated carbocycles. The lowest BCUT2D eigenvalue weighted by molar-refractivity contribution is -0.155. The molecular weight excluding hydrogens is 262 g/mol. The lowest BCUT2D eigenvalue weighted by Crippen LogP contribution is -2.50. The monoisotopic (exact) mass is 281 g/mol. The zero-order chi connectivity index (χ0) is 14.6. The molecule has 1 N–H and O–H groups in total. The summed E-state index contributed by atoms with van der Waals surface area (Å²) < 4.78 is 1.35. The second-order valence-electron chi connectivity index (χ2n) is 5.26. The average molecular weight is 281 g/mol. The van der Waals surface area contributed by atoms with Crippen molar-refractivity contribution in [2.75, 3.05) is 13.1 Å². The summed E-state index contributed by atoms with van der Waals surface area (Å²) in [6.45, 7) is 2.89. The topological polar surface area (TPSA) is 101 Å². The summed E-state index contributed by atoms with van der Waals surface area (Å²) >= 11 is 0. The van der Waals surface area contributed by atoms with Crippen LogP contribution in [0.3, 0.4) is 0 Å². The summed E-state index contributed by atoms with van der Waals surface area (Å²) in [5, 5.41) is 20.1. The molecule has 20 heavy (non-hydrogen) atoms. The van der Waals surface area contributed by atoms with Crippen molar-refractivity contribution in [1.82, 2.24) is 25.1 Å². The highest BCUT2D eigenvalue weighted by Crippen LogP contribution is 2.35. The van der Waals surface area contributed by atoms with E-state index in [4.69, 9.17) is 0 Å². The molecule has 0 bridgehead atoms. The van der Waals surface area contributed by atoms with Crippen LogP contribution >= 0.6 is 0 Å². The number of carboxylic acids is 1. The maximum absolute atomic E-state index is 12.2. The van der Waals surface area contributed by atoms with Crippen molar-refractivity contribution in [3.63, 3.8) is 0 Å². The Balaban J connectivity index is 2.05. The lowest BCUT2D eigenvalue weighted by atomic mass is 9.76. The fourth-order valence-electron chi connectivity index (χ4n) is 2.80. The van der Waals surface area contributed by atoms with Crippen molar-refractivity contribution in [3.8, 4) is 0 Å². The maximum atomic E-state index is 12.2. The van der Waals surface area contributed by atoms with Gasteiger partial charge in [-0.15, -0.1) is 5.10 Å². The van der Waals surface area contributed by atoms with Gasteiger partial charge in [0, 0.05) is 13.1 Å². The second kappa shape index (κ2) is 5.98. The molecule has 1 aromatic heterocycles. The van der Waals surface area contributed by atoms with Gasteiger partial charge in [-0.1, -0.05) is 13.3 Å². The average Bonchev–Trinajstić information content (AvgIpc) is 2.92. The standard InChI is InChI=1S/C12H19N5O3/c1-2-4-12(11(19)20)5-3-6-16(8-12)10(18)7-17-9-13-14-15-17/h9H,2-8H2,1H3,(H,19,20). The van der Waals surface area contributed by atoms with Crippen LogP contribution in [-0.4, -0.2) is 55.2 Å². The van der Waals surface area contributed by atoms with Gasteiger partial charge in [0.25, 0.3) is 0 Å². The van der Waals surface area contributed by atoms with Gasteiger partial charge in [-0.05, 0) is 29.7 Å². The zero-order valence-electron chi connectivity index (χ0n) is 11.5. The molecule has 0 aliphatic carbocycles. The normalized spacial score (nSPS) is 22.8. The fraction of sp³-hybridized carbons (Fsp3) is 0.750. The Morgan fingerprint density at radius 2 is 2.25 bits per heavy atom. The van der Waals surface area contributed by atoms with E-state index in [1.807, 2.05) is 6.92 Å². The van der Waals surface area contributed by atoms with Gasteiger partial charge in [0.2, 0.25) is 5.91 Å². The Morgan fingerprint density at radius 3 is 2.85 bits per heavy atom. The van der Waals surface area contributed by atoms with Crippen molar-refractivity contribution < 1.29 is 14.7 Å². The van der Waals surface area contributed by atoms with Crippen LogP contribution in [0.15, 0.2) is 6.33 Å². The molecule has 1 amide bonds. The Labute approximate surface area is 116 Å².